The Morgan fingerprint density at radius 2 is 2.00 bits per heavy atom. The fourth-order valence-electron chi connectivity index (χ4n) is 1.63. The summed E-state index contributed by atoms with van der Waals surface area (Å²) < 4.78 is 5.57. The summed E-state index contributed by atoms with van der Waals surface area (Å²) in [6.45, 7) is 8.50. The zero-order valence-electron chi connectivity index (χ0n) is 11.4. The molecule has 1 heterocycles. The van der Waals surface area contributed by atoms with Crippen molar-refractivity contribution in [1.82, 2.24) is 9.97 Å². The summed E-state index contributed by atoms with van der Waals surface area (Å²) in [6.07, 6.45) is 2.01. The van der Waals surface area contributed by atoms with Gasteiger partial charge in [-0.05, 0) is 19.8 Å². The molecule has 0 saturated carbocycles. The minimum Gasteiger partial charge on any atom is -0.478 e. The molecule has 0 N–H and O–H groups in total. The average molecular weight is 272 g/mol. The molecular weight excluding hydrogens is 250 g/mol. The van der Waals surface area contributed by atoms with E-state index >= 15 is 0 Å². The van der Waals surface area contributed by atoms with Crippen LogP contribution in [-0.4, -0.2) is 35.5 Å². The van der Waals surface area contributed by atoms with Crippen molar-refractivity contribution in [2.24, 2.45) is 0 Å². The maximum absolute atomic E-state index is 5.82. The van der Waals surface area contributed by atoms with Gasteiger partial charge in [-0.3, -0.25) is 0 Å². The van der Waals surface area contributed by atoms with Gasteiger partial charge >= 0.3 is 0 Å². The smallest absolute Gasteiger partial charge is 0.228 e. The van der Waals surface area contributed by atoms with Crippen molar-refractivity contribution in [2.75, 3.05) is 30.5 Å². The highest BCUT2D eigenvalue weighted by atomic mass is 35.5. The first kappa shape index (κ1) is 15.0. The molecule has 1 aromatic heterocycles. The molecule has 18 heavy (non-hydrogen) atoms. The molecule has 1 aromatic rings. The van der Waals surface area contributed by atoms with E-state index in [1.54, 1.807) is 0 Å². The molecule has 0 fully saturated rings. The van der Waals surface area contributed by atoms with Crippen molar-refractivity contribution in [3.05, 3.63) is 11.8 Å². The summed E-state index contributed by atoms with van der Waals surface area (Å²) in [5.41, 5.74) is 0.918. The number of halogens is 1. The molecule has 0 radical (unpaired) electrons. The van der Waals surface area contributed by atoms with Crippen LogP contribution < -0.4 is 9.64 Å². The van der Waals surface area contributed by atoms with E-state index in [-0.39, 0.29) is 0 Å². The Morgan fingerprint density at radius 1 is 1.22 bits per heavy atom. The molecule has 0 saturated heterocycles. The second-order valence-electron chi connectivity index (χ2n) is 4.17. The first-order chi connectivity index (χ1) is 8.71. The number of hydrogen-bond donors (Lipinski definition) is 0. The van der Waals surface area contributed by atoms with Gasteiger partial charge in [0.25, 0.3) is 0 Å². The van der Waals surface area contributed by atoms with Crippen LogP contribution in [0.25, 0.3) is 0 Å². The highest BCUT2D eigenvalue weighted by Gasteiger charge is 2.10. The van der Waals surface area contributed by atoms with Gasteiger partial charge in [-0.2, -0.15) is 4.98 Å². The van der Waals surface area contributed by atoms with Crippen molar-refractivity contribution in [2.45, 2.75) is 33.6 Å². The Bertz CT molecular complexity index is 354. The average Bonchev–Trinajstić information content (AvgIpc) is 2.35. The third kappa shape index (κ3) is 4.69. The topological polar surface area (TPSA) is 38.2 Å². The van der Waals surface area contributed by atoms with Crippen molar-refractivity contribution in [1.29, 1.82) is 0 Å². The monoisotopic (exact) mass is 271 g/mol. The molecule has 4 nitrogen and oxygen atoms in total. The summed E-state index contributed by atoms with van der Waals surface area (Å²) in [7, 11) is 0. The molecule has 5 heteroatoms. The Labute approximate surface area is 114 Å². The van der Waals surface area contributed by atoms with Crippen LogP contribution in [-0.2, 0) is 0 Å². The van der Waals surface area contributed by atoms with Crippen LogP contribution in [0.1, 0.15) is 32.4 Å². The lowest BCUT2D eigenvalue weighted by molar-refractivity contribution is 0.304. The first-order valence-electron chi connectivity index (χ1n) is 6.50. The third-order valence-corrected chi connectivity index (χ3v) is 2.57. The minimum absolute atomic E-state index is 0.572. The molecule has 0 spiro atoms. The Hall–Kier alpha value is -1.03. The Morgan fingerprint density at radius 3 is 2.61 bits per heavy atom. The fraction of sp³-hybridized carbons (Fsp3) is 0.692. The van der Waals surface area contributed by atoms with Crippen molar-refractivity contribution < 1.29 is 4.74 Å². The molecule has 0 bridgehead atoms. The van der Waals surface area contributed by atoms with E-state index in [1.165, 1.54) is 0 Å². The van der Waals surface area contributed by atoms with Crippen LogP contribution in [0.4, 0.5) is 5.95 Å². The molecule has 0 aromatic carbocycles. The lowest BCUT2D eigenvalue weighted by atomic mass is 10.4. The number of alkyl halides is 1. The van der Waals surface area contributed by atoms with Gasteiger partial charge in [0.05, 0.1) is 6.61 Å². The fourth-order valence-corrected chi connectivity index (χ4v) is 1.83. The van der Waals surface area contributed by atoms with Crippen LogP contribution in [0, 0.1) is 6.92 Å². The van der Waals surface area contributed by atoms with E-state index in [9.17, 15) is 0 Å². The number of anilines is 1. The zero-order valence-corrected chi connectivity index (χ0v) is 12.2. The number of rotatable bonds is 8. The molecule has 0 aliphatic rings. The van der Waals surface area contributed by atoms with Gasteiger partial charge in [-0.25, -0.2) is 4.98 Å². The van der Waals surface area contributed by atoms with Crippen LogP contribution in [0.2, 0.25) is 0 Å². The lowest BCUT2D eigenvalue weighted by Crippen LogP contribution is -2.28. The number of ether oxygens (including phenoxy) is 1. The molecule has 102 valence electrons. The zero-order chi connectivity index (χ0) is 13.4. The summed E-state index contributed by atoms with van der Waals surface area (Å²) in [6, 6.07) is 1.87. The van der Waals surface area contributed by atoms with E-state index < -0.39 is 0 Å². The molecule has 0 amide bonds. The lowest BCUT2D eigenvalue weighted by Gasteiger charge is -2.21. The van der Waals surface area contributed by atoms with Crippen molar-refractivity contribution in [3.8, 4) is 5.88 Å². The predicted molar refractivity (Wildman–Crippen MR) is 75.8 cm³/mol. The Kier molecular flexibility index (Phi) is 6.80. The molecule has 0 atom stereocenters. The maximum Gasteiger partial charge on any atom is 0.228 e. The third-order valence-electron chi connectivity index (χ3n) is 2.40. The van der Waals surface area contributed by atoms with E-state index in [2.05, 4.69) is 28.7 Å². The van der Waals surface area contributed by atoms with Gasteiger partial charge < -0.3 is 9.64 Å². The highest BCUT2D eigenvalue weighted by Crippen LogP contribution is 2.16. The number of aryl methyl sites for hydroxylation is 1. The highest BCUT2D eigenvalue weighted by molar-refractivity contribution is 6.18. The van der Waals surface area contributed by atoms with E-state index in [0.29, 0.717) is 24.3 Å². The molecule has 0 unspecified atom stereocenters. The molecule has 0 aliphatic heterocycles. The summed E-state index contributed by atoms with van der Waals surface area (Å²) in [4.78, 5) is 11.0. The van der Waals surface area contributed by atoms with Gasteiger partial charge in [-0.1, -0.05) is 13.8 Å². The summed E-state index contributed by atoms with van der Waals surface area (Å²) >= 11 is 5.82. The number of hydrogen-bond acceptors (Lipinski definition) is 4. The molecule has 0 aliphatic carbocycles. The van der Waals surface area contributed by atoms with Crippen molar-refractivity contribution in [3.63, 3.8) is 0 Å². The molecule has 1 rings (SSSR count). The predicted octanol–water partition coefficient (Wildman–Crippen LogP) is 3.03. The standard InChI is InChI=1S/C13H22ClN3O/c1-4-7-17(8-6-14)13-15-11(3)10-12(16-13)18-9-5-2/h10H,4-9H2,1-3H3. The summed E-state index contributed by atoms with van der Waals surface area (Å²) in [5.74, 6) is 1.93. The van der Waals surface area contributed by atoms with Crippen LogP contribution in [0.5, 0.6) is 5.88 Å². The van der Waals surface area contributed by atoms with Gasteiger partial charge in [0.1, 0.15) is 0 Å². The van der Waals surface area contributed by atoms with Crippen LogP contribution >= 0.6 is 11.6 Å². The van der Waals surface area contributed by atoms with Crippen LogP contribution in [0.15, 0.2) is 6.07 Å². The minimum atomic E-state index is 0.572. The normalized spacial score (nSPS) is 10.4. The van der Waals surface area contributed by atoms with E-state index in [0.717, 1.165) is 31.6 Å². The van der Waals surface area contributed by atoms with Gasteiger partial charge in [0, 0.05) is 30.7 Å². The van der Waals surface area contributed by atoms with Crippen molar-refractivity contribution >= 4 is 17.5 Å². The van der Waals surface area contributed by atoms with Crippen LogP contribution in [0.3, 0.4) is 0 Å². The Balaban J connectivity index is 2.87. The number of aromatic nitrogens is 2. The second kappa shape index (κ2) is 8.14. The van der Waals surface area contributed by atoms with Gasteiger partial charge in [0.15, 0.2) is 0 Å². The maximum atomic E-state index is 5.82. The molecular formula is C13H22ClN3O. The van der Waals surface area contributed by atoms with Gasteiger partial charge in [0.2, 0.25) is 11.8 Å². The van der Waals surface area contributed by atoms with E-state index in [4.69, 9.17) is 16.3 Å². The second-order valence-corrected chi connectivity index (χ2v) is 4.55. The van der Waals surface area contributed by atoms with E-state index in [1.807, 2.05) is 13.0 Å². The van der Waals surface area contributed by atoms with Gasteiger partial charge in [-0.15, -0.1) is 11.6 Å². The number of nitrogens with zero attached hydrogens (tertiary/aromatic N) is 3. The summed E-state index contributed by atoms with van der Waals surface area (Å²) in [5, 5.41) is 0. The quantitative estimate of drug-likeness (QED) is 0.681. The first-order valence-corrected chi connectivity index (χ1v) is 7.04. The SMILES string of the molecule is CCCOc1cc(C)nc(N(CCC)CCCl)n1. The largest absolute Gasteiger partial charge is 0.478 e.